The first kappa shape index (κ1) is 16.3. The maximum absolute atomic E-state index is 12.2. The number of hydrogen-bond donors (Lipinski definition) is 1. The second-order valence-electron chi connectivity index (χ2n) is 5.48. The van der Waals surface area contributed by atoms with Gasteiger partial charge >= 0.3 is 5.97 Å². The molecular formula is C19H16ClNO3. The highest BCUT2D eigenvalue weighted by Crippen LogP contribution is 2.36. The lowest BCUT2D eigenvalue weighted by molar-refractivity contribution is -0.151. The number of rotatable bonds is 5. The highest BCUT2D eigenvalue weighted by molar-refractivity contribution is 6.34. The molecule has 24 heavy (non-hydrogen) atoms. The summed E-state index contributed by atoms with van der Waals surface area (Å²) < 4.78 is 4.55. The van der Waals surface area contributed by atoms with Crippen molar-refractivity contribution in [3.63, 3.8) is 0 Å². The number of methoxy groups -OCH3 is 1. The summed E-state index contributed by atoms with van der Waals surface area (Å²) in [5.74, 6) is -1.75. The second kappa shape index (κ2) is 6.89. The quantitative estimate of drug-likeness (QED) is 0.561. The smallest absolute Gasteiger partial charge is 0.374 e. The van der Waals surface area contributed by atoms with Crippen LogP contribution >= 0.6 is 11.6 Å². The molecule has 0 unspecified atom stereocenters. The Morgan fingerprint density at radius 3 is 2.54 bits per heavy atom. The van der Waals surface area contributed by atoms with Crippen molar-refractivity contribution in [1.82, 2.24) is 4.98 Å². The zero-order valence-electron chi connectivity index (χ0n) is 13.1. The van der Waals surface area contributed by atoms with E-state index in [-0.39, 0.29) is 12.3 Å². The van der Waals surface area contributed by atoms with Gasteiger partial charge < -0.3 is 9.72 Å². The Kier molecular flexibility index (Phi) is 4.67. The SMILES string of the molecule is COC(=O)C(=O)C[C@@H](c1ccccc1Cl)c1c[nH]c2ccccc12. The Hall–Kier alpha value is -2.59. The van der Waals surface area contributed by atoms with Gasteiger partial charge in [0.15, 0.2) is 0 Å². The predicted octanol–water partition coefficient (Wildman–Crippen LogP) is 4.09. The third-order valence-electron chi connectivity index (χ3n) is 4.08. The minimum Gasteiger partial charge on any atom is -0.463 e. The van der Waals surface area contributed by atoms with Crippen LogP contribution in [0.1, 0.15) is 23.5 Å². The van der Waals surface area contributed by atoms with Gasteiger partial charge in [0.2, 0.25) is 5.78 Å². The van der Waals surface area contributed by atoms with Gasteiger partial charge in [0, 0.05) is 34.5 Å². The number of aromatic amines is 1. The highest BCUT2D eigenvalue weighted by Gasteiger charge is 2.26. The summed E-state index contributed by atoms with van der Waals surface area (Å²) in [4.78, 5) is 27.0. The van der Waals surface area contributed by atoms with Crippen LogP contribution in [0.2, 0.25) is 5.02 Å². The Bertz CT molecular complexity index is 900. The maximum Gasteiger partial charge on any atom is 0.374 e. The van der Waals surface area contributed by atoms with Crippen LogP contribution < -0.4 is 0 Å². The molecule has 0 fully saturated rings. The first-order chi connectivity index (χ1) is 11.6. The van der Waals surface area contributed by atoms with E-state index >= 15 is 0 Å². The fourth-order valence-electron chi connectivity index (χ4n) is 2.91. The Labute approximate surface area is 144 Å². The average molecular weight is 342 g/mol. The number of esters is 1. The molecule has 0 aliphatic heterocycles. The van der Waals surface area contributed by atoms with Gasteiger partial charge in [-0.2, -0.15) is 0 Å². The number of aromatic nitrogens is 1. The lowest BCUT2D eigenvalue weighted by Gasteiger charge is -2.17. The predicted molar refractivity (Wildman–Crippen MR) is 93.2 cm³/mol. The molecule has 1 N–H and O–H groups in total. The molecule has 1 heterocycles. The van der Waals surface area contributed by atoms with Crippen LogP contribution in [0.4, 0.5) is 0 Å². The standard InChI is InChI=1S/C19H16ClNO3/c1-24-19(23)18(22)10-14(12-6-2-4-8-16(12)20)15-11-21-17-9-5-3-7-13(15)17/h2-9,11,14,21H,10H2,1H3/t14-/m0/s1. The molecular weight excluding hydrogens is 326 g/mol. The van der Waals surface area contributed by atoms with Crippen molar-refractivity contribution in [3.05, 3.63) is 70.9 Å². The van der Waals surface area contributed by atoms with E-state index in [0.29, 0.717) is 5.02 Å². The largest absolute Gasteiger partial charge is 0.463 e. The van der Waals surface area contributed by atoms with E-state index in [1.165, 1.54) is 7.11 Å². The van der Waals surface area contributed by atoms with Gasteiger partial charge in [0.25, 0.3) is 0 Å². The zero-order chi connectivity index (χ0) is 17.1. The number of para-hydroxylation sites is 1. The van der Waals surface area contributed by atoms with Gasteiger partial charge in [-0.15, -0.1) is 0 Å². The fourth-order valence-corrected chi connectivity index (χ4v) is 3.18. The normalized spacial score (nSPS) is 12.1. The van der Waals surface area contributed by atoms with Crippen LogP contribution in [0.25, 0.3) is 10.9 Å². The number of carbonyl (C=O) groups excluding carboxylic acids is 2. The van der Waals surface area contributed by atoms with Crippen LogP contribution in [-0.4, -0.2) is 23.8 Å². The molecule has 0 bridgehead atoms. The minimum atomic E-state index is -0.841. The molecule has 0 aliphatic carbocycles. The van der Waals surface area contributed by atoms with Crippen molar-refractivity contribution in [2.24, 2.45) is 0 Å². The number of Topliss-reactive ketones (excluding diaryl/α,β-unsaturated/α-hetero) is 1. The minimum absolute atomic E-state index is 0.00173. The molecule has 0 aliphatic rings. The number of ether oxygens (including phenoxy) is 1. The van der Waals surface area contributed by atoms with Gasteiger partial charge in [0.05, 0.1) is 7.11 Å². The number of carbonyl (C=O) groups is 2. The lowest BCUT2D eigenvalue weighted by atomic mass is 9.87. The molecule has 3 rings (SSSR count). The van der Waals surface area contributed by atoms with E-state index in [1.54, 1.807) is 6.07 Å². The molecule has 5 heteroatoms. The van der Waals surface area contributed by atoms with Gasteiger partial charge in [0.1, 0.15) is 0 Å². The maximum atomic E-state index is 12.2. The highest BCUT2D eigenvalue weighted by atomic mass is 35.5. The first-order valence-electron chi connectivity index (χ1n) is 7.53. The molecule has 1 atom stereocenters. The third kappa shape index (κ3) is 3.05. The number of ketones is 1. The van der Waals surface area contributed by atoms with E-state index in [1.807, 2.05) is 48.7 Å². The Balaban J connectivity index is 2.10. The molecule has 0 saturated carbocycles. The average Bonchev–Trinajstić information content (AvgIpc) is 3.03. The van der Waals surface area contributed by atoms with Crippen molar-refractivity contribution < 1.29 is 14.3 Å². The number of H-pyrrole nitrogens is 1. The summed E-state index contributed by atoms with van der Waals surface area (Å²) in [5, 5.41) is 1.56. The Morgan fingerprint density at radius 2 is 1.79 bits per heavy atom. The van der Waals surface area contributed by atoms with Crippen LogP contribution in [0.5, 0.6) is 0 Å². The molecule has 4 nitrogen and oxygen atoms in total. The third-order valence-corrected chi connectivity index (χ3v) is 4.42. The summed E-state index contributed by atoms with van der Waals surface area (Å²) in [7, 11) is 1.20. The van der Waals surface area contributed by atoms with E-state index in [9.17, 15) is 9.59 Å². The monoisotopic (exact) mass is 341 g/mol. The molecule has 3 aromatic rings. The van der Waals surface area contributed by atoms with E-state index in [4.69, 9.17) is 11.6 Å². The fraction of sp³-hybridized carbons (Fsp3) is 0.158. The molecule has 0 spiro atoms. The summed E-state index contributed by atoms with van der Waals surface area (Å²) in [6.07, 6.45) is 1.86. The van der Waals surface area contributed by atoms with Gasteiger partial charge in [-0.25, -0.2) is 4.79 Å². The molecule has 1 aromatic heterocycles. The summed E-state index contributed by atoms with van der Waals surface area (Å²) in [5.41, 5.74) is 2.70. The van der Waals surface area contributed by atoms with E-state index in [0.717, 1.165) is 22.0 Å². The van der Waals surface area contributed by atoms with Crippen molar-refractivity contribution in [1.29, 1.82) is 0 Å². The van der Waals surface area contributed by atoms with E-state index in [2.05, 4.69) is 9.72 Å². The van der Waals surface area contributed by atoms with Gasteiger partial charge in [-0.05, 0) is 23.3 Å². The van der Waals surface area contributed by atoms with E-state index < -0.39 is 11.8 Å². The van der Waals surface area contributed by atoms with Crippen molar-refractivity contribution in [2.75, 3.05) is 7.11 Å². The number of nitrogens with one attached hydrogen (secondary N) is 1. The van der Waals surface area contributed by atoms with Crippen molar-refractivity contribution in [2.45, 2.75) is 12.3 Å². The first-order valence-corrected chi connectivity index (χ1v) is 7.91. The molecule has 0 saturated heterocycles. The van der Waals surface area contributed by atoms with Crippen LogP contribution in [-0.2, 0) is 14.3 Å². The number of hydrogen-bond acceptors (Lipinski definition) is 3. The van der Waals surface area contributed by atoms with Crippen LogP contribution in [0.3, 0.4) is 0 Å². The summed E-state index contributed by atoms with van der Waals surface area (Å²) in [6, 6.07) is 15.2. The summed E-state index contributed by atoms with van der Waals surface area (Å²) in [6.45, 7) is 0. The number of halogens is 1. The van der Waals surface area contributed by atoms with Gasteiger partial charge in [-0.1, -0.05) is 48.0 Å². The second-order valence-corrected chi connectivity index (χ2v) is 5.89. The molecule has 2 aromatic carbocycles. The molecule has 0 amide bonds. The van der Waals surface area contributed by atoms with Crippen molar-refractivity contribution in [3.8, 4) is 0 Å². The molecule has 122 valence electrons. The topological polar surface area (TPSA) is 59.2 Å². The Morgan fingerprint density at radius 1 is 1.08 bits per heavy atom. The van der Waals surface area contributed by atoms with Crippen LogP contribution in [0, 0.1) is 0 Å². The number of benzene rings is 2. The zero-order valence-corrected chi connectivity index (χ0v) is 13.8. The molecule has 0 radical (unpaired) electrons. The number of fused-ring (bicyclic) bond motifs is 1. The van der Waals surface area contributed by atoms with Gasteiger partial charge in [-0.3, -0.25) is 4.79 Å². The summed E-state index contributed by atoms with van der Waals surface area (Å²) >= 11 is 6.35. The van der Waals surface area contributed by atoms with Crippen molar-refractivity contribution >= 4 is 34.3 Å². The van der Waals surface area contributed by atoms with Crippen LogP contribution in [0.15, 0.2) is 54.7 Å². The lowest BCUT2D eigenvalue weighted by Crippen LogP contribution is -2.19.